The molecule has 0 unspecified atom stereocenters. The normalized spacial score (nSPS) is 11.9. The van der Waals surface area contributed by atoms with Gasteiger partial charge >= 0.3 is 5.97 Å². The highest BCUT2D eigenvalue weighted by atomic mass is 16.6. The van der Waals surface area contributed by atoms with Crippen LogP contribution in [0.15, 0.2) is 66.7 Å². The molecule has 0 bridgehead atoms. The van der Waals surface area contributed by atoms with Gasteiger partial charge in [0, 0.05) is 24.4 Å². The van der Waals surface area contributed by atoms with Crippen molar-refractivity contribution in [1.29, 1.82) is 0 Å². The second-order valence-corrected chi connectivity index (χ2v) is 9.21. The van der Waals surface area contributed by atoms with E-state index in [4.69, 9.17) is 9.47 Å². The Morgan fingerprint density at radius 1 is 0.829 bits per heavy atom. The van der Waals surface area contributed by atoms with E-state index in [9.17, 15) is 4.79 Å². The van der Waals surface area contributed by atoms with Crippen LogP contribution < -0.4 is 4.74 Å². The molecule has 0 fully saturated rings. The number of benzene rings is 2. The second-order valence-electron chi connectivity index (χ2n) is 9.21. The molecule has 1 atom stereocenters. The third-order valence-electron chi connectivity index (χ3n) is 6.43. The molecule has 0 aliphatic rings. The van der Waals surface area contributed by atoms with Crippen LogP contribution in [0, 0.1) is 6.92 Å². The molecule has 0 saturated carbocycles. The fourth-order valence-corrected chi connectivity index (χ4v) is 4.45. The Balaban J connectivity index is 1.63. The first-order valence-corrected chi connectivity index (χ1v) is 13.3. The van der Waals surface area contributed by atoms with Gasteiger partial charge in [0.05, 0.1) is 6.61 Å². The van der Waals surface area contributed by atoms with E-state index in [1.807, 2.05) is 49.4 Å². The van der Waals surface area contributed by atoms with E-state index in [0.717, 1.165) is 17.7 Å². The van der Waals surface area contributed by atoms with Gasteiger partial charge in [0.15, 0.2) is 6.10 Å². The number of nitrogens with zero attached hydrogens (tertiary/aromatic N) is 1. The molecule has 0 radical (unpaired) electrons. The Kier molecular flexibility index (Phi) is 10.9. The van der Waals surface area contributed by atoms with Crippen LogP contribution in [0.25, 0.3) is 11.3 Å². The molecule has 0 aliphatic heterocycles. The zero-order valence-corrected chi connectivity index (χ0v) is 21.7. The van der Waals surface area contributed by atoms with Crippen molar-refractivity contribution in [2.24, 2.45) is 0 Å². The van der Waals surface area contributed by atoms with Gasteiger partial charge in [0.25, 0.3) is 0 Å². The van der Waals surface area contributed by atoms with Gasteiger partial charge in [-0.25, -0.2) is 4.79 Å². The first-order valence-electron chi connectivity index (χ1n) is 13.3. The molecular formula is C31H41NO3. The molecule has 1 heterocycles. The van der Waals surface area contributed by atoms with Crippen molar-refractivity contribution in [1.82, 2.24) is 4.57 Å². The number of rotatable bonds is 15. The molecule has 3 aromatic rings. The lowest BCUT2D eigenvalue weighted by molar-refractivity contribution is -0.151. The molecule has 4 heteroatoms. The standard InChI is InChI=1S/C31H41NO3/c1-4-6-7-8-9-10-14-23-32-25(3)17-22-29(32)27-18-20-28(21-19-27)35-30(31(33)34-5-2)24-26-15-12-11-13-16-26/h11-13,15-22,30H,4-10,14,23-24H2,1-3H3/t30-/m1/s1. The summed E-state index contributed by atoms with van der Waals surface area (Å²) in [7, 11) is 0. The van der Waals surface area contributed by atoms with Gasteiger partial charge in [0.2, 0.25) is 0 Å². The minimum atomic E-state index is -0.674. The molecule has 2 aromatic carbocycles. The summed E-state index contributed by atoms with van der Waals surface area (Å²) in [4.78, 5) is 12.5. The van der Waals surface area contributed by atoms with Crippen molar-refractivity contribution < 1.29 is 14.3 Å². The maximum Gasteiger partial charge on any atom is 0.347 e. The van der Waals surface area contributed by atoms with Crippen LogP contribution in [0.3, 0.4) is 0 Å². The zero-order chi connectivity index (χ0) is 24.9. The topological polar surface area (TPSA) is 40.5 Å². The Bertz CT molecular complexity index is 1010. The number of aromatic nitrogens is 1. The highest BCUT2D eigenvalue weighted by molar-refractivity contribution is 5.75. The summed E-state index contributed by atoms with van der Waals surface area (Å²) in [5.74, 6) is 0.337. The van der Waals surface area contributed by atoms with Gasteiger partial charge in [-0.2, -0.15) is 0 Å². The van der Waals surface area contributed by atoms with Crippen LogP contribution in [0.2, 0.25) is 0 Å². The Labute approximate surface area is 211 Å². The number of hydrogen-bond acceptors (Lipinski definition) is 3. The summed E-state index contributed by atoms with van der Waals surface area (Å²) in [6, 6.07) is 22.4. The predicted octanol–water partition coefficient (Wildman–Crippen LogP) is 7.77. The molecule has 4 nitrogen and oxygen atoms in total. The average molecular weight is 476 g/mol. The van der Waals surface area contributed by atoms with Gasteiger partial charge < -0.3 is 14.0 Å². The minimum Gasteiger partial charge on any atom is -0.478 e. The van der Waals surface area contributed by atoms with Gasteiger partial charge in [-0.05, 0) is 67.8 Å². The quantitative estimate of drug-likeness (QED) is 0.166. The lowest BCUT2D eigenvalue weighted by Gasteiger charge is -2.18. The first kappa shape index (κ1) is 26.6. The largest absolute Gasteiger partial charge is 0.478 e. The van der Waals surface area contributed by atoms with Crippen molar-refractivity contribution >= 4 is 5.97 Å². The maximum absolute atomic E-state index is 12.5. The number of ether oxygens (including phenoxy) is 2. The van der Waals surface area contributed by atoms with Crippen LogP contribution in [0.5, 0.6) is 5.75 Å². The number of hydrogen-bond donors (Lipinski definition) is 0. The maximum atomic E-state index is 12.5. The van der Waals surface area contributed by atoms with Crippen molar-refractivity contribution in [3.05, 3.63) is 78.0 Å². The lowest BCUT2D eigenvalue weighted by atomic mass is 10.1. The average Bonchev–Trinajstić information content (AvgIpc) is 3.24. The Hall–Kier alpha value is -3.01. The summed E-state index contributed by atoms with van der Waals surface area (Å²) in [5.41, 5.74) is 4.72. The van der Waals surface area contributed by atoms with Crippen molar-refractivity contribution in [2.45, 2.75) is 84.8 Å². The van der Waals surface area contributed by atoms with Crippen LogP contribution in [0.1, 0.15) is 70.1 Å². The van der Waals surface area contributed by atoms with Crippen molar-refractivity contribution in [2.75, 3.05) is 6.61 Å². The van der Waals surface area contributed by atoms with Crippen molar-refractivity contribution in [3.63, 3.8) is 0 Å². The minimum absolute atomic E-state index is 0.334. The molecule has 188 valence electrons. The van der Waals surface area contributed by atoms with Gasteiger partial charge in [-0.3, -0.25) is 0 Å². The van der Waals surface area contributed by atoms with Gasteiger partial charge in [-0.1, -0.05) is 75.8 Å². The van der Waals surface area contributed by atoms with Crippen molar-refractivity contribution in [3.8, 4) is 17.0 Å². The van der Waals surface area contributed by atoms with Crippen LogP contribution in [-0.2, 0) is 22.5 Å². The number of esters is 1. The first-order chi connectivity index (χ1) is 17.1. The molecule has 0 aliphatic carbocycles. The molecule has 0 saturated heterocycles. The molecule has 35 heavy (non-hydrogen) atoms. The zero-order valence-electron chi connectivity index (χ0n) is 21.7. The van der Waals surface area contributed by atoms with Crippen LogP contribution in [-0.4, -0.2) is 23.2 Å². The number of unbranched alkanes of at least 4 members (excludes halogenated alkanes) is 6. The summed E-state index contributed by atoms with van der Waals surface area (Å²) >= 11 is 0. The summed E-state index contributed by atoms with van der Waals surface area (Å²) < 4.78 is 13.8. The highest BCUT2D eigenvalue weighted by Gasteiger charge is 2.22. The SMILES string of the molecule is CCCCCCCCCn1c(C)ccc1-c1ccc(O[C@H](Cc2ccccc2)C(=O)OCC)cc1. The third-order valence-corrected chi connectivity index (χ3v) is 6.43. The fraction of sp³-hybridized carbons (Fsp3) is 0.452. The third kappa shape index (κ3) is 8.31. The molecule has 0 N–H and O–H groups in total. The molecule has 0 spiro atoms. The predicted molar refractivity (Wildman–Crippen MR) is 144 cm³/mol. The van der Waals surface area contributed by atoms with E-state index in [-0.39, 0.29) is 5.97 Å². The second kappa shape index (κ2) is 14.4. The lowest BCUT2D eigenvalue weighted by Crippen LogP contribution is -2.31. The van der Waals surface area contributed by atoms with Gasteiger partial charge in [-0.15, -0.1) is 0 Å². The number of aryl methyl sites for hydroxylation is 1. The highest BCUT2D eigenvalue weighted by Crippen LogP contribution is 2.26. The number of carbonyl (C=O) groups excluding carboxylic acids is 1. The fourth-order valence-electron chi connectivity index (χ4n) is 4.45. The summed E-state index contributed by atoms with van der Waals surface area (Å²) in [5, 5.41) is 0. The van der Waals surface area contributed by atoms with E-state index < -0.39 is 6.10 Å². The molecule has 0 amide bonds. The van der Waals surface area contributed by atoms with Gasteiger partial charge in [0.1, 0.15) is 5.75 Å². The van der Waals surface area contributed by atoms with E-state index in [1.54, 1.807) is 0 Å². The Morgan fingerprint density at radius 3 is 2.20 bits per heavy atom. The summed E-state index contributed by atoms with van der Waals surface area (Å²) in [6.07, 6.45) is 8.98. The molecule has 1 aromatic heterocycles. The van der Waals surface area contributed by atoms with E-state index in [0.29, 0.717) is 18.8 Å². The monoisotopic (exact) mass is 475 g/mol. The molecular weight excluding hydrogens is 434 g/mol. The summed E-state index contributed by atoms with van der Waals surface area (Å²) in [6.45, 7) is 7.63. The van der Waals surface area contributed by atoms with Crippen LogP contribution >= 0.6 is 0 Å². The number of carbonyl (C=O) groups is 1. The van der Waals surface area contributed by atoms with E-state index in [2.05, 4.69) is 42.7 Å². The Morgan fingerprint density at radius 2 is 1.51 bits per heavy atom. The van der Waals surface area contributed by atoms with E-state index in [1.165, 1.54) is 56.3 Å². The smallest absolute Gasteiger partial charge is 0.347 e. The van der Waals surface area contributed by atoms with Crippen LogP contribution in [0.4, 0.5) is 0 Å². The van der Waals surface area contributed by atoms with E-state index >= 15 is 0 Å². The molecule has 3 rings (SSSR count).